The highest BCUT2D eigenvalue weighted by Gasteiger charge is 2.04. The second-order valence-corrected chi connectivity index (χ2v) is 3.74. The van der Waals surface area contributed by atoms with Crippen LogP contribution in [0.1, 0.15) is 0 Å². The lowest BCUT2D eigenvalue weighted by Gasteiger charge is -2.03. The number of tetrazole rings is 1. The zero-order valence-electron chi connectivity index (χ0n) is 8.04. The molecule has 0 aliphatic carbocycles. The SMILES string of the molecule is O=C(Cn1cnnn1)Nc1ccc(Br)nc1. The lowest BCUT2D eigenvalue weighted by molar-refractivity contribution is -0.116. The van der Waals surface area contributed by atoms with Crippen LogP contribution in [-0.4, -0.2) is 31.1 Å². The summed E-state index contributed by atoms with van der Waals surface area (Å²) in [5.74, 6) is -0.212. The minimum atomic E-state index is -0.212. The zero-order chi connectivity index (χ0) is 11.4. The van der Waals surface area contributed by atoms with Crippen molar-refractivity contribution >= 4 is 27.5 Å². The molecule has 1 amide bonds. The van der Waals surface area contributed by atoms with Gasteiger partial charge in [0.15, 0.2) is 0 Å². The van der Waals surface area contributed by atoms with Crippen LogP contribution in [0.15, 0.2) is 29.3 Å². The maximum absolute atomic E-state index is 11.5. The van der Waals surface area contributed by atoms with Crippen molar-refractivity contribution in [2.45, 2.75) is 6.54 Å². The Labute approximate surface area is 99.0 Å². The molecule has 0 atom stereocenters. The van der Waals surface area contributed by atoms with Gasteiger partial charge in [0.25, 0.3) is 0 Å². The number of carbonyl (C=O) groups excluding carboxylic acids is 1. The number of nitrogens with one attached hydrogen (secondary N) is 1. The number of hydrogen-bond acceptors (Lipinski definition) is 5. The van der Waals surface area contributed by atoms with Crippen LogP contribution in [-0.2, 0) is 11.3 Å². The second-order valence-electron chi connectivity index (χ2n) is 2.93. The lowest BCUT2D eigenvalue weighted by Crippen LogP contribution is -2.19. The third kappa shape index (κ3) is 2.83. The van der Waals surface area contributed by atoms with E-state index < -0.39 is 0 Å². The first kappa shape index (κ1) is 10.7. The lowest BCUT2D eigenvalue weighted by atomic mass is 10.4. The number of halogens is 1. The van der Waals surface area contributed by atoms with Gasteiger partial charge in [-0.3, -0.25) is 4.79 Å². The van der Waals surface area contributed by atoms with Crippen molar-refractivity contribution in [1.29, 1.82) is 0 Å². The Hall–Kier alpha value is -1.83. The molecule has 1 N–H and O–H groups in total. The number of hydrogen-bond donors (Lipinski definition) is 1. The number of carbonyl (C=O) groups is 1. The highest BCUT2D eigenvalue weighted by Crippen LogP contribution is 2.10. The van der Waals surface area contributed by atoms with Crippen molar-refractivity contribution in [3.05, 3.63) is 29.3 Å². The van der Waals surface area contributed by atoms with Crippen molar-refractivity contribution < 1.29 is 4.79 Å². The Morgan fingerprint density at radius 3 is 3.00 bits per heavy atom. The fraction of sp³-hybridized carbons (Fsp3) is 0.125. The van der Waals surface area contributed by atoms with Crippen LogP contribution in [0, 0.1) is 0 Å². The molecule has 16 heavy (non-hydrogen) atoms. The van der Waals surface area contributed by atoms with Gasteiger partial charge in [-0.2, -0.15) is 0 Å². The molecule has 0 saturated heterocycles. The van der Waals surface area contributed by atoms with Gasteiger partial charge in [-0.05, 0) is 38.5 Å². The van der Waals surface area contributed by atoms with Crippen LogP contribution < -0.4 is 5.32 Å². The fourth-order valence-electron chi connectivity index (χ4n) is 1.05. The molecular weight excluding hydrogens is 276 g/mol. The molecule has 0 aromatic carbocycles. The van der Waals surface area contributed by atoms with Crippen molar-refractivity contribution in [3.63, 3.8) is 0 Å². The minimum absolute atomic E-state index is 0.0725. The largest absolute Gasteiger partial charge is 0.323 e. The van der Waals surface area contributed by atoms with E-state index in [1.54, 1.807) is 18.3 Å². The van der Waals surface area contributed by atoms with Crippen LogP contribution in [0.25, 0.3) is 0 Å². The van der Waals surface area contributed by atoms with Crippen molar-refractivity contribution in [2.24, 2.45) is 0 Å². The average Bonchev–Trinajstić information content (AvgIpc) is 2.74. The number of nitrogens with zero attached hydrogens (tertiary/aromatic N) is 5. The van der Waals surface area contributed by atoms with Gasteiger partial charge >= 0.3 is 0 Å². The van der Waals surface area contributed by atoms with Crippen molar-refractivity contribution in [1.82, 2.24) is 25.2 Å². The van der Waals surface area contributed by atoms with Gasteiger partial charge in [0, 0.05) is 0 Å². The molecule has 2 rings (SSSR count). The van der Waals surface area contributed by atoms with E-state index in [1.807, 2.05) is 0 Å². The predicted octanol–water partition coefficient (Wildman–Crippen LogP) is 0.469. The Kier molecular flexibility index (Phi) is 3.20. The van der Waals surface area contributed by atoms with E-state index >= 15 is 0 Å². The molecule has 0 aliphatic rings. The van der Waals surface area contributed by atoms with Crippen molar-refractivity contribution in [2.75, 3.05) is 5.32 Å². The van der Waals surface area contributed by atoms with Gasteiger partial charge in [-0.15, -0.1) is 5.10 Å². The summed E-state index contributed by atoms with van der Waals surface area (Å²) in [7, 11) is 0. The number of rotatable bonds is 3. The molecule has 2 heterocycles. The molecule has 0 fully saturated rings. The van der Waals surface area contributed by atoms with E-state index in [4.69, 9.17) is 0 Å². The quantitative estimate of drug-likeness (QED) is 0.827. The molecule has 2 aromatic rings. The number of aromatic nitrogens is 5. The molecule has 7 nitrogen and oxygen atoms in total. The highest BCUT2D eigenvalue weighted by molar-refractivity contribution is 9.10. The molecule has 0 radical (unpaired) electrons. The standard InChI is InChI=1S/C8H7BrN6O/c9-7-2-1-6(3-10-7)12-8(16)4-15-5-11-13-14-15/h1-3,5H,4H2,(H,12,16). The van der Waals surface area contributed by atoms with E-state index in [-0.39, 0.29) is 12.5 Å². The summed E-state index contributed by atoms with van der Waals surface area (Å²) in [6.45, 7) is 0.0725. The summed E-state index contributed by atoms with van der Waals surface area (Å²) in [5, 5.41) is 13.1. The first-order chi connectivity index (χ1) is 7.74. The predicted molar refractivity (Wildman–Crippen MR) is 58.4 cm³/mol. The topological polar surface area (TPSA) is 85.6 Å². The monoisotopic (exact) mass is 282 g/mol. The molecule has 8 heteroatoms. The molecule has 82 valence electrons. The summed E-state index contributed by atoms with van der Waals surface area (Å²) in [4.78, 5) is 15.5. The first-order valence-electron chi connectivity index (χ1n) is 4.36. The van der Waals surface area contributed by atoms with Crippen LogP contribution in [0.3, 0.4) is 0 Å². The third-order valence-corrected chi connectivity index (χ3v) is 2.18. The van der Waals surface area contributed by atoms with Gasteiger partial charge in [0.05, 0.1) is 11.9 Å². The normalized spacial score (nSPS) is 10.1. The summed E-state index contributed by atoms with van der Waals surface area (Å²) in [6, 6.07) is 3.49. The molecule has 0 bridgehead atoms. The maximum atomic E-state index is 11.5. The van der Waals surface area contributed by atoms with Crippen LogP contribution in [0.4, 0.5) is 5.69 Å². The maximum Gasteiger partial charge on any atom is 0.246 e. The van der Waals surface area contributed by atoms with Crippen molar-refractivity contribution in [3.8, 4) is 0 Å². The van der Waals surface area contributed by atoms with Gasteiger partial charge in [-0.1, -0.05) is 0 Å². The Morgan fingerprint density at radius 2 is 2.38 bits per heavy atom. The summed E-state index contributed by atoms with van der Waals surface area (Å²) in [5.41, 5.74) is 0.626. The van der Waals surface area contributed by atoms with E-state index in [1.165, 1.54) is 11.0 Å². The zero-order valence-corrected chi connectivity index (χ0v) is 9.62. The number of anilines is 1. The van der Waals surface area contributed by atoms with E-state index in [0.717, 1.165) is 0 Å². The molecule has 0 aliphatic heterocycles. The second kappa shape index (κ2) is 4.79. The van der Waals surface area contributed by atoms with Crippen LogP contribution >= 0.6 is 15.9 Å². The van der Waals surface area contributed by atoms with Gasteiger partial charge < -0.3 is 5.32 Å². The molecule has 0 unspecified atom stereocenters. The Bertz CT molecular complexity index is 468. The number of pyridine rings is 1. The van der Waals surface area contributed by atoms with E-state index in [0.29, 0.717) is 10.3 Å². The van der Waals surface area contributed by atoms with Crippen LogP contribution in [0.5, 0.6) is 0 Å². The van der Waals surface area contributed by atoms with Gasteiger partial charge in [0.1, 0.15) is 17.5 Å². The molecule has 0 saturated carbocycles. The summed E-state index contributed by atoms with van der Waals surface area (Å²) < 4.78 is 2.05. The van der Waals surface area contributed by atoms with Gasteiger partial charge in [-0.25, -0.2) is 9.67 Å². The summed E-state index contributed by atoms with van der Waals surface area (Å²) in [6.07, 6.45) is 2.93. The smallest absolute Gasteiger partial charge is 0.246 e. The Morgan fingerprint density at radius 1 is 1.50 bits per heavy atom. The number of amides is 1. The highest BCUT2D eigenvalue weighted by atomic mass is 79.9. The first-order valence-corrected chi connectivity index (χ1v) is 5.15. The fourth-order valence-corrected chi connectivity index (χ4v) is 1.28. The minimum Gasteiger partial charge on any atom is -0.323 e. The molecular formula is C8H7BrN6O. The summed E-state index contributed by atoms with van der Waals surface area (Å²) >= 11 is 3.21. The van der Waals surface area contributed by atoms with Gasteiger partial charge in [0.2, 0.25) is 5.91 Å². The molecule has 2 aromatic heterocycles. The van der Waals surface area contributed by atoms with E-state index in [2.05, 4.69) is 41.8 Å². The molecule has 0 spiro atoms. The average molecular weight is 283 g/mol. The van der Waals surface area contributed by atoms with Crippen LogP contribution in [0.2, 0.25) is 0 Å². The Balaban J connectivity index is 1.95. The third-order valence-electron chi connectivity index (χ3n) is 1.71. The van der Waals surface area contributed by atoms with E-state index in [9.17, 15) is 4.79 Å².